The molecule has 3 aromatic rings. The highest BCUT2D eigenvalue weighted by molar-refractivity contribution is 5.97. The lowest BCUT2D eigenvalue weighted by Gasteiger charge is -2.10. The monoisotopic (exact) mass is 233 g/mol. The number of rotatable bonds is 2. The van der Waals surface area contributed by atoms with Crippen LogP contribution in [0.2, 0.25) is 0 Å². The van der Waals surface area contributed by atoms with Gasteiger partial charge in [-0.1, -0.05) is 54.6 Å². The van der Waals surface area contributed by atoms with E-state index < -0.39 is 0 Å². The first kappa shape index (κ1) is 10.8. The highest BCUT2D eigenvalue weighted by atomic mass is 14.8. The van der Waals surface area contributed by atoms with Gasteiger partial charge in [-0.15, -0.1) is 0 Å². The fraction of sp³-hybridized carbons (Fsp3) is 0.0588. The maximum atomic E-state index is 3.28. The molecule has 0 aromatic heterocycles. The molecule has 1 heteroatoms. The van der Waals surface area contributed by atoms with E-state index in [0.29, 0.717) is 0 Å². The van der Waals surface area contributed by atoms with Gasteiger partial charge in [-0.25, -0.2) is 0 Å². The molecule has 3 aromatic carbocycles. The van der Waals surface area contributed by atoms with Crippen molar-refractivity contribution in [3.8, 4) is 11.1 Å². The first-order chi connectivity index (χ1) is 8.88. The fourth-order valence-electron chi connectivity index (χ4n) is 2.31. The minimum absolute atomic E-state index is 1.17. The summed E-state index contributed by atoms with van der Waals surface area (Å²) in [6, 6.07) is 23.4. The van der Waals surface area contributed by atoms with Crippen LogP contribution in [0.25, 0.3) is 21.9 Å². The summed E-state index contributed by atoms with van der Waals surface area (Å²) in [7, 11) is 1.97. The Morgan fingerprint density at radius 3 is 2.22 bits per heavy atom. The molecule has 0 unspecified atom stereocenters. The summed E-state index contributed by atoms with van der Waals surface area (Å²) in [5.41, 5.74) is 3.67. The van der Waals surface area contributed by atoms with Crippen LogP contribution < -0.4 is 5.32 Å². The Kier molecular flexibility index (Phi) is 2.73. The lowest BCUT2D eigenvalue weighted by Crippen LogP contribution is -1.90. The molecule has 0 bridgehead atoms. The van der Waals surface area contributed by atoms with E-state index in [1.54, 1.807) is 0 Å². The van der Waals surface area contributed by atoms with Crippen LogP contribution in [-0.4, -0.2) is 7.05 Å². The van der Waals surface area contributed by atoms with Gasteiger partial charge < -0.3 is 5.32 Å². The van der Waals surface area contributed by atoms with Crippen LogP contribution >= 0.6 is 0 Å². The number of nitrogens with one attached hydrogen (secondary N) is 1. The van der Waals surface area contributed by atoms with Crippen molar-refractivity contribution in [3.63, 3.8) is 0 Å². The Morgan fingerprint density at radius 1 is 0.722 bits per heavy atom. The molecule has 0 heterocycles. The smallest absolute Gasteiger partial charge is 0.0423 e. The summed E-state index contributed by atoms with van der Waals surface area (Å²) in [5, 5.41) is 5.81. The molecule has 0 spiro atoms. The molecular formula is C17H15N. The van der Waals surface area contributed by atoms with Crippen molar-refractivity contribution in [2.75, 3.05) is 12.4 Å². The number of hydrogen-bond acceptors (Lipinski definition) is 1. The van der Waals surface area contributed by atoms with Gasteiger partial charge >= 0.3 is 0 Å². The van der Waals surface area contributed by atoms with Crippen LogP contribution in [0.15, 0.2) is 66.7 Å². The third kappa shape index (κ3) is 1.84. The zero-order valence-corrected chi connectivity index (χ0v) is 10.4. The molecule has 1 N–H and O–H groups in total. The first-order valence-electron chi connectivity index (χ1n) is 6.14. The van der Waals surface area contributed by atoms with Gasteiger partial charge in [-0.3, -0.25) is 0 Å². The third-order valence-corrected chi connectivity index (χ3v) is 3.24. The Labute approximate surface area is 107 Å². The second-order valence-electron chi connectivity index (χ2n) is 4.36. The number of hydrogen-bond donors (Lipinski definition) is 1. The number of anilines is 1. The Morgan fingerprint density at radius 2 is 1.44 bits per heavy atom. The molecule has 0 aliphatic carbocycles. The zero-order valence-electron chi connectivity index (χ0n) is 10.4. The Bertz CT molecular complexity index is 672. The first-order valence-corrected chi connectivity index (χ1v) is 6.14. The van der Waals surface area contributed by atoms with E-state index in [0.717, 1.165) is 0 Å². The van der Waals surface area contributed by atoms with Gasteiger partial charge in [-0.2, -0.15) is 0 Å². The van der Waals surface area contributed by atoms with Crippen LogP contribution in [-0.2, 0) is 0 Å². The minimum atomic E-state index is 1.17. The quantitative estimate of drug-likeness (QED) is 0.684. The summed E-state index contributed by atoms with van der Waals surface area (Å²) in [6.45, 7) is 0. The van der Waals surface area contributed by atoms with Crippen LogP contribution in [0.3, 0.4) is 0 Å². The molecule has 18 heavy (non-hydrogen) atoms. The van der Waals surface area contributed by atoms with E-state index in [2.05, 4.69) is 66.0 Å². The molecule has 88 valence electrons. The molecule has 0 radical (unpaired) electrons. The van der Waals surface area contributed by atoms with Gasteiger partial charge in [0.2, 0.25) is 0 Å². The van der Waals surface area contributed by atoms with Crippen molar-refractivity contribution in [1.82, 2.24) is 0 Å². The second-order valence-corrected chi connectivity index (χ2v) is 4.36. The molecular weight excluding hydrogens is 218 g/mol. The molecule has 0 fully saturated rings. The molecule has 1 nitrogen and oxygen atoms in total. The Balaban J connectivity index is 2.26. The van der Waals surface area contributed by atoms with Crippen molar-refractivity contribution in [3.05, 3.63) is 66.7 Å². The van der Waals surface area contributed by atoms with Gasteiger partial charge in [0.25, 0.3) is 0 Å². The number of fused-ring (bicyclic) bond motifs is 1. The van der Waals surface area contributed by atoms with E-state index in [-0.39, 0.29) is 0 Å². The molecule has 0 atom stereocenters. The average Bonchev–Trinajstić information content (AvgIpc) is 2.47. The Hall–Kier alpha value is -2.28. The van der Waals surface area contributed by atoms with Crippen molar-refractivity contribution < 1.29 is 0 Å². The van der Waals surface area contributed by atoms with Crippen LogP contribution in [0.4, 0.5) is 5.69 Å². The lowest BCUT2D eigenvalue weighted by molar-refractivity contribution is 1.54. The molecule has 3 rings (SSSR count). The zero-order chi connectivity index (χ0) is 12.4. The van der Waals surface area contributed by atoms with E-state index in [1.165, 1.54) is 27.6 Å². The fourth-order valence-corrected chi connectivity index (χ4v) is 2.31. The van der Waals surface area contributed by atoms with Gasteiger partial charge in [0.05, 0.1) is 0 Å². The third-order valence-electron chi connectivity index (χ3n) is 3.24. The van der Waals surface area contributed by atoms with Gasteiger partial charge in [0, 0.05) is 18.1 Å². The summed E-state index contributed by atoms with van der Waals surface area (Å²) in [4.78, 5) is 0. The normalized spacial score (nSPS) is 10.5. The average molecular weight is 233 g/mol. The standard InChI is InChI=1S/C17H15N/c1-18-17-12-15(13-7-3-2-4-8-13)11-14-9-5-6-10-16(14)17/h2-12,18H,1H3. The van der Waals surface area contributed by atoms with E-state index in [1.807, 2.05) is 13.1 Å². The topological polar surface area (TPSA) is 12.0 Å². The van der Waals surface area contributed by atoms with Crippen molar-refractivity contribution in [1.29, 1.82) is 0 Å². The highest BCUT2D eigenvalue weighted by Crippen LogP contribution is 2.30. The summed E-state index contributed by atoms with van der Waals surface area (Å²) in [6.07, 6.45) is 0. The van der Waals surface area contributed by atoms with Gasteiger partial charge in [-0.05, 0) is 28.6 Å². The highest BCUT2D eigenvalue weighted by Gasteiger charge is 2.03. The SMILES string of the molecule is CNc1cc(-c2ccccc2)cc2ccccc12. The van der Waals surface area contributed by atoms with Crippen molar-refractivity contribution >= 4 is 16.5 Å². The maximum Gasteiger partial charge on any atom is 0.0423 e. The summed E-state index contributed by atoms with van der Waals surface area (Å²) >= 11 is 0. The summed E-state index contributed by atoms with van der Waals surface area (Å²) in [5.74, 6) is 0. The molecule has 0 aliphatic rings. The molecule has 0 saturated heterocycles. The van der Waals surface area contributed by atoms with Crippen molar-refractivity contribution in [2.45, 2.75) is 0 Å². The van der Waals surface area contributed by atoms with E-state index >= 15 is 0 Å². The predicted molar refractivity (Wildman–Crippen MR) is 78.9 cm³/mol. The van der Waals surface area contributed by atoms with Gasteiger partial charge in [0.15, 0.2) is 0 Å². The van der Waals surface area contributed by atoms with E-state index in [4.69, 9.17) is 0 Å². The lowest BCUT2D eigenvalue weighted by atomic mass is 10.00. The largest absolute Gasteiger partial charge is 0.388 e. The molecule has 0 saturated carbocycles. The minimum Gasteiger partial charge on any atom is -0.388 e. The second kappa shape index (κ2) is 4.53. The van der Waals surface area contributed by atoms with Crippen LogP contribution in [0.5, 0.6) is 0 Å². The van der Waals surface area contributed by atoms with Crippen molar-refractivity contribution in [2.24, 2.45) is 0 Å². The van der Waals surface area contributed by atoms with Crippen LogP contribution in [0, 0.1) is 0 Å². The number of benzene rings is 3. The summed E-state index contributed by atoms with van der Waals surface area (Å²) < 4.78 is 0. The molecule has 0 amide bonds. The molecule has 0 aliphatic heterocycles. The maximum absolute atomic E-state index is 3.28. The van der Waals surface area contributed by atoms with E-state index in [9.17, 15) is 0 Å². The predicted octanol–water partition coefficient (Wildman–Crippen LogP) is 4.55. The van der Waals surface area contributed by atoms with Gasteiger partial charge in [0.1, 0.15) is 0 Å². The van der Waals surface area contributed by atoms with Crippen LogP contribution in [0.1, 0.15) is 0 Å².